The summed E-state index contributed by atoms with van der Waals surface area (Å²) < 4.78 is 17.5. The summed E-state index contributed by atoms with van der Waals surface area (Å²) in [6.07, 6.45) is 1.88. The summed E-state index contributed by atoms with van der Waals surface area (Å²) >= 11 is 0. The van der Waals surface area contributed by atoms with Gasteiger partial charge in [0.25, 0.3) is 0 Å². The van der Waals surface area contributed by atoms with Crippen LogP contribution in [-0.4, -0.2) is 18.3 Å². The minimum atomic E-state index is -0.311. The first kappa shape index (κ1) is 39.3. The van der Waals surface area contributed by atoms with Crippen LogP contribution in [0.4, 0.5) is 4.39 Å². The first-order valence-electron chi connectivity index (χ1n) is 10.0. The van der Waals surface area contributed by atoms with Crippen LogP contribution in [0.2, 0.25) is 0 Å². The van der Waals surface area contributed by atoms with E-state index >= 15 is 0 Å². The van der Waals surface area contributed by atoms with Crippen LogP contribution in [0, 0.1) is 28.5 Å². The lowest BCUT2D eigenvalue weighted by Gasteiger charge is -2.02. The lowest BCUT2D eigenvalue weighted by Crippen LogP contribution is -1.94. The van der Waals surface area contributed by atoms with Gasteiger partial charge in [0.2, 0.25) is 0 Å². The molecule has 4 nitrogen and oxygen atoms in total. The van der Waals surface area contributed by atoms with Gasteiger partial charge in [0.15, 0.2) is 0 Å². The van der Waals surface area contributed by atoms with Crippen LogP contribution in [0.3, 0.4) is 0 Å². The number of benzene rings is 2. The van der Waals surface area contributed by atoms with Crippen molar-refractivity contribution >= 4 is 24.0 Å². The summed E-state index contributed by atoms with van der Waals surface area (Å²) in [7, 11) is 0. The number of hydrogen-bond donors (Lipinski definition) is 1. The van der Waals surface area contributed by atoms with E-state index in [9.17, 15) is 4.39 Å². The fraction of sp³-hybridized carbons (Fsp3) is 0.440. The zero-order chi connectivity index (χ0) is 22.9. The van der Waals surface area contributed by atoms with Gasteiger partial charge in [-0.15, -0.1) is 24.0 Å². The Hall–Kier alpha value is -2.16. The number of halogens is 2. The molecule has 0 aliphatic heterocycles. The highest BCUT2D eigenvalue weighted by molar-refractivity contribution is 14.0. The summed E-state index contributed by atoms with van der Waals surface area (Å²) in [5.74, 6) is 0.518. The SMILES string of the molecule is C.CC.CC.CCCO.CCCOc1ccc(C#N)cc1.I.N#Cc1ccc(F)cc1. The molecule has 176 valence electrons. The molecule has 31 heavy (non-hydrogen) atoms. The number of aliphatic hydroxyl groups is 1. The van der Waals surface area contributed by atoms with E-state index in [4.69, 9.17) is 20.4 Å². The summed E-state index contributed by atoms with van der Waals surface area (Å²) in [6.45, 7) is 13.0. The Morgan fingerprint density at radius 1 is 0.806 bits per heavy atom. The maximum Gasteiger partial charge on any atom is 0.123 e. The Morgan fingerprint density at radius 3 is 1.45 bits per heavy atom. The van der Waals surface area contributed by atoms with E-state index < -0.39 is 0 Å². The highest BCUT2D eigenvalue weighted by Gasteiger charge is 1.92. The van der Waals surface area contributed by atoms with Crippen molar-refractivity contribution in [1.29, 1.82) is 10.5 Å². The molecule has 0 fully saturated rings. The second kappa shape index (κ2) is 32.5. The molecule has 1 N–H and O–H groups in total. The van der Waals surface area contributed by atoms with Gasteiger partial charge in [0, 0.05) is 6.61 Å². The van der Waals surface area contributed by atoms with Gasteiger partial charge >= 0.3 is 0 Å². The monoisotopic (exact) mass is 546 g/mol. The van der Waals surface area contributed by atoms with Crippen LogP contribution in [0.25, 0.3) is 0 Å². The molecule has 0 amide bonds. The molecule has 6 heteroatoms. The average molecular weight is 547 g/mol. The van der Waals surface area contributed by atoms with Crippen LogP contribution in [0.5, 0.6) is 5.75 Å². The number of ether oxygens (including phenoxy) is 1. The molecule has 0 atom stereocenters. The standard InChI is InChI=1S/C10H11NO.C7H4FN.C3H8O.2C2H6.CH4.HI/c1-2-7-12-10-5-3-9(8-11)4-6-10;8-7-3-1-6(5-9)2-4-7;1-2-3-4;2*1-2;;/h3-6H,2,7H2,1H3;1-4H;4H,2-3H2,1H3;2*1-2H3;1H4;1H. The van der Waals surface area contributed by atoms with Gasteiger partial charge in [-0.2, -0.15) is 10.5 Å². The number of aliphatic hydroxyl groups excluding tert-OH is 1. The molecule has 2 aromatic rings. The third-order valence-electron chi connectivity index (χ3n) is 2.65. The van der Waals surface area contributed by atoms with E-state index in [1.807, 2.05) is 52.8 Å². The van der Waals surface area contributed by atoms with Crippen molar-refractivity contribution in [2.75, 3.05) is 13.2 Å². The van der Waals surface area contributed by atoms with E-state index in [0.717, 1.165) is 25.2 Å². The van der Waals surface area contributed by atoms with Gasteiger partial charge < -0.3 is 9.84 Å². The van der Waals surface area contributed by atoms with Crippen molar-refractivity contribution < 1.29 is 14.2 Å². The number of nitrogens with zero attached hydrogens (tertiary/aromatic N) is 2. The topological polar surface area (TPSA) is 77.0 Å². The first-order valence-corrected chi connectivity index (χ1v) is 10.0. The highest BCUT2D eigenvalue weighted by Crippen LogP contribution is 2.11. The fourth-order valence-electron chi connectivity index (χ4n) is 1.37. The Balaban J connectivity index is -0.000000106. The molecule has 2 rings (SSSR count). The zero-order valence-corrected chi connectivity index (χ0v) is 21.3. The second-order valence-electron chi connectivity index (χ2n) is 4.83. The molecule has 0 unspecified atom stereocenters. The molecule has 0 saturated heterocycles. The van der Waals surface area contributed by atoms with E-state index in [-0.39, 0.29) is 37.2 Å². The first-order chi connectivity index (χ1) is 14.1. The lowest BCUT2D eigenvalue weighted by molar-refractivity contribution is 0.295. The van der Waals surface area contributed by atoms with Crippen molar-refractivity contribution in [3.05, 3.63) is 65.5 Å². The zero-order valence-electron chi connectivity index (χ0n) is 19.0. The van der Waals surface area contributed by atoms with E-state index in [1.165, 1.54) is 24.3 Å². The summed E-state index contributed by atoms with van der Waals surface area (Å²) in [6, 6.07) is 16.5. The van der Waals surface area contributed by atoms with Crippen LogP contribution >= 0.6 is 24.0 Å². The molecule has 0 aromatic heterocycles. The summed E-state index contributed by atoms with van der Waals surface area (Å²) in [5.41, 5.74) is 1.15. The third-order valence-corrected chi connectivity index (χ3v) is 2.65. The van der Waals surface area contributed by atoms with Crippen LogP contribution < -0.4 is 4.74 Å². The highest BCUT2D eigenvalue weighted by atomic mass is 127. The van der Waals surface area contributed by atoms with Crippen LogP contribution in [0.1, 0.15) is 72.9 Å². The average Bonchev–Trinajstić information content (AvgIpc) is 2.81. The van der Waals surface area contributed by atoms with Crippen molar-refractivity contribution in [1.82, 2.24) is 0 Å². The smallest absolute Gasteiger partial charge is 0.123 e. The predicted octanol–water partition coefficient (Wildman–Crippen LogP) is 7.74. The Bertz CT molecular complexity index is 662. The quantitative estimate of drug-likeness (QED) is 0.398. The number of rotatable bonds is 4. The summed E-state index contributed by atoms with van der Waals surface area (Å²) in [4.78, 5) is 0. The maximum absolute atomic E-state index is 12.1. The maximum atomic E-state index is 12.1. The third kappa shape index (κ3) is 25.8. The molecule has 0 bridgehead atoms. The van der Waals surface area contributed by atoms with Gasteiger partial charge in [-0.25, -0.2) is 4.39 Å². The molecular weight excluding hydrogens is 506 g/mol. The fourth-order valence-corrected chi connectivity index (χ4v) is 1.37. The minimum Gasteiger partial charge on any atom is -0.494 e. The van der Waals surface area contributed by atoms with Gasteiger partial charge in [0.1, 0.15) is 11.6 Å². The van der Waals surface area contributed by atoms with Crippen molar-refractivity contribution in [2.24, 2.45) is 0 Å². The summed E-state index contributed by atoms with van der Waals surface area (Å²) in [5, 5.41) is 24.6. The molecule has 0 aliphatic carbocycles. The van der Waals surface area contributed by atoms with Gasteiger partial charge in [-0.1, -0.05) is 49.0 Å². The van der Waals surface area contributed by atoms with Crippen molar-refractivity contribution in [3.63, 3.8) is 0 Å². The van der Waals surface area contributed by atoms with Gasteiger partial charge in [-0.3, -0.25) is 0 Å². The largest absolute Gasteiger partial charge is 0.494 e. The van der Waals surface area contributed by atoms with Crippen molar-refractivity contribution in [3.8, 4) is 17.9 Å². The van der Waals surface area contributed by atoms with Crippen LogP contribution in [0.15, 0.2) is 48.5 Å². The minimum absolute atomic E-state index is 0. The Labute approximate surface area is 206 Å². The molecule has 0 spiro atoms. The van der Waals surface area contributed by atoms with Crippen molar-refractivity contribution in [2.45, 2.75) is 61.8 Å². The van der Waals surface area contributed by atoms with Gasteiger partial charge in [-0.05, 0) is 61.4 Å². The predicted molar refractivity (Wildman–Crippen MR) is 140 cm³/mol. The Kier molecular flexibility index (Phi) is 41.2. The van der Waals surface area contributed by atoms with E-state index in [1.54, 1.807) is 12.1 Å². The molecule has 0 aliphatic rings. The number of nitriles is 2. The second-order valence-corrected chi connectivity index (χ2v) is 4.83. The molecule has 0 heterocycles. The lowest BCUT2D eigenvalue weighted by atomic mass is 10.2. The normalized spacial score (nSPS) is 7.29. The molecular formula is C25H40FIN2O2. The molecule has 0 radical (unpaired) electrons. The van der Waals surface area contributed by atoms with E-state index in [0.29, 0.717) is 17.7 Å². The van der Waals surface area contributed by atoms with E-state index in [2.05, 4.69) is 13.0 Å². The Morgan fingerprint density at radius 2 is 1.16 bits per heavy atom. The van der Waals surface area contributed by atoms with Crippen LogP contribution in [-0.2, 0) is 0 Å². The number of hydrogen-bond acceptors (Lipinski definition) is 4. The molecule has 2 aromatic carbocycles. The van der Waals surface area contributed by atoms with Gasteiger partial charge in [0.05, 0.1) is 29.9 Å². The molecule has 0 saturated carbocycles.